The molecule has 3 aliphatic rings. The maximum Gasteiger partial charge on any atom is 0.234 e. The van der Waals surface area contributed by atoms with Crippen LogP contribution in [0.25, 0.3) is 0 Å². The van der Waals surface area contributed by atoms with Gasteiger partial charge in [-0.25, -0.2) is 0 Å². The first-order chi connectivity index (χ1) is 8.16. The average Bonchev–Trinajstić information content (AvgIpc) is 2.87. The maximum atomic E-state index is 11.7. The first kappa shape index (κ1) is 11.8. The highest BCUT2D eigenvalue weighted by atomic mass is 35.5. The van der Waals surface area contributed by atoms with Crippen LogP contribution < -0.4 is 5.32 Å². The van der Waals surface area contributed by atoms with Crippen molar-refractivity contribution in [3.05, 3.63) is 0 Å². The summed E-state index contributed by atoms with van der Waals surface area (Å²) < 4.78 is 0. The van der Waals surface area contributed by atoms with E-state index in [0.717, 1.165) is 13.0 Å². The molecule has 1 amide bonds. The summed E-state index contributed by atoms with van der Waals surface area (Å²) in [6, 6.07) is 0.964. The van der Waals surface area contributed by atoms with E-state index in [2.05, 4.69) is 17.1 Å². The second-order valence-electron chi connectivity index (χ2n) is 5.92. The van der Waals surface area contributed by atoms with Crippen LogP contribution in [0.5, 0.6) is 0 Å². The fourth-order valence-corrected chi connectivity index (χ4v) is 3.91. The molecule has 4 heteroatoms. The summed E-state index contributed by atoms with van der Waals surface area (Å²) in [6.07, 6.45) is 4.95. The lowest BCUT2D eigenvalue weighted by Gasteiger charge is -2.44. The van der Waals surface area contributed by atoms with Gasteiger partial charge in [-0.15, -0.1) is 11.6 Å². The molecule has 5 atom stereocenters. The Kier molecular flexibility index (Phi) is 3.07. The zero-order valence-electron chi connectivity index (χ0n) is 10.4. The minimum atomic E-state index is 0.201. The zero-order valence-corrected chi connectivity index (χ0v) is 11.1. The lowest BCUT2D eigenvalue weighted by molar-refractivity contribution is -0.128. The largest absolute Gasteiger partial charge is 0.351 e. The lowest BCUT2D eigenvalue weighted by Crippen LogP contribution is -2.61. The molecule has 17 heavy (non-hydrogen) atoms. The molecule has 3 nitrogen and oxygen atoms in total. The van der Waals surface area contributed by atoms with Crippen molar-refractivity contribution in [2.24, 2.45) is 11.8 Å². The smallest absolute Gasteiger partial charge is 0.234 e. The molecule has 96 valence electrons. The number of nitrogens with zero attached hydrogens (tertiary/aromatic N) is 1. The first-order valence-corrected chi connectivity index (χ1v) is 7.28. The molecule has 1 aliphatic heterocycles. The number of rotatable bonds is 2. The Balaban J connectivity index is 1.66. The second-order valence-corrected chi connectivity index (χ2v) is 6.43. The molecule has 0 spiro atoms. The number of fused-ring (bicyclic) bond motifs is 1. The number of alkyl halides is 1. The van der Waals surface area contributed by atoms with Gasteiger partial charge in [0.15, 0.2) is 0 Å². The van der Waals surface area contributed by atoms with Gasteiger partial charge in [0.2, 0.25) is 5.91 Å². The van der Waals surface area contributed by atoms with E-state index in [1.165, 1.54) is 19.3 Å². The summed E-state index contributed by atoms with van der Waals surface area (Å²) in [6.45, 7) is 3.81. The fraction of sp³-hybridized carbons (Fsp3) is 0.923. The molecule has 0 aromatic heterocycles. The number of carbonyl (C=O) groups excluding carboxylic acids is 1. The van der Waals surface area contributed by atoms with Crippen LogP contribution in [0.15, 0.2) is 0 Å². The van der Waals surface area contributed by atoms with Gasteiger partial charge < -0.3 is 5.32 Å². The number of hydrogen-bond donors (Lipinski definition) is 1. The van der Waals surface area contributed by atoms with Crippen LogP contribution in [0, 0.1) is 11.8 Å². The van der Waals surface area contributed by atoms with Crippen LogP contribution in [0.3, 0.4) is 0 Å². The summed E-state index contributed by atoms with van der Waals surface area (Å²) in [7, 11) is 0. The minimum Gasteiger partial charge on any atom is -0.351 e. The molecule has 1 heterocycles. The molecule has 5 unspecified atom stereocenters. The highest BCUT2D eigenvalue weighted by molar-refractivity contribution is 6.23. The summed E-state index contributed by atoms with van der Waals surface area (Å²) in [4.78, 5) is 14.1. The SMILES string of the molecule is CC1C(Cl)C1CN1CC(=O)NC2CCCCC21. The van der Waals surface area contributed by atoms with Crippen LogP contribution in [0.1, 0.15) is 32.6 Å². The molecule has 1 saturated heterocycles. The standard InChI is InChI=1S/C13H21ClN2O/c1-8-9(13(8)14)6-16-7-12(17)15-10-4-2-3-5-11(10)16/h8-11,13H,2-7H2,1H3,(H,15,17). The topological polar surface area (TPSA) is 32.3 Å². The Morgan fingerprint density at radius 1 is 1.41 bits per heavy atom. The molecular weight excluding hydrogens is 236 g/mol. The van der Waals surface area contributed by atoms with E-state index in [1.54, 1.807) is 0 Å². The van der Waals surface area contributed by atoms with Crippen LogP contribution in [-0.4, -0.2) is 41.4 Å². The predicted molar refractivity (Wildman–Crippen MR) is 68.1 cm³/mol. The average molecular weight is 257 g/mol. The van der Waals surface area contributed by atoms with E-state index in [4.69, 9.17) is 11.6 Å². The molecule has 0 aromatic carbocycles. The van der Waals surface area contributed by atoms with Gasteiger partial charge in [-0.05, 0) is 24.7 Å². The summed E-state index contributed by atoms with van der Waals surface area (Å²) in [5.41, 5.74) is 0. The van der Waals surface area contributed by atoms with Crippen molar-refractivity contribution in [2.75, 3.05) is 13.1 Å². The number of piperazine rings is 1. The third kappa shape index (κ3) is 2.19. The van der Waals surface area contributed by atoms with Crippen molar-refractivity contribution >= 4 is 17.5 Å². The van der Waals surface area contributed by atoms with Gasteiger partial charge in [-0.3, -0.25) is 9.69 Å². The molecular formula is C13H21ClN2O. The molecule has 0 bridgehead atoms. The molecule has 0 aromatic rings. The minimum absolute atomic E-state index is 0.201. The van der Waals surface area contributed by atoms with Crippen molar-refractivity contribution in [3.63, 3.8) is 0 Å². The Morgan fingerprint density at radius 3 is 2.82 bits per heavy atom. The van der Waals surface area contributed by atoms with E-state index in [0.29, 0.717) is 35.8 Å². The Labute approximate surface area is 108 Å². The molecule has 1 N–H and O–H groups in total. The summed E-state index contributed by atoms with van der Waals surface area (Å²) >= 11 is 6.21. The normalized spacial score (nSPS) is 46.2. The van der Waals surface area contributed by atoms with Gasteiger partial charge in [0, 0.05) is 24.0 Å². The monoisotopic (exact) mass is 256 g/mol. The van der Waals surface area contributed by atoms with Crippen molar-refractivity contribution < 1.29 is 4.79 Å². The summed E-state index contributed by atoms with van der Waals surface area (Å²) in [5, 5.41) is 3.49. The summed E-state index contributed by atoms with van der Waals surface area (Å²) in [5.74, 6) is 1.43. The van der Waals surface area contributed by atoms with E-state index < -0.39 is 0 Å². The molecule has 3 rings (SSSR count). The predicted octanol–water partition coefficient (Wildman–Crippen LogP) is 1.60. The van der Waals surface area contributed by atoms with Crippen molar-refractivity contribution in [3.8, 4) is 0 Å². The number of halogens is 1. The van der Waals surface area contributed by atoms with E-state index in [-0.39, 0.29) is 5.91 Å². The van der Waals surface area contributed by atoms with Crippen LogP contribution >= 0.6 is 11.6 Å². The number of amides is 1. The zero-order chi connectivity index (χ0) is 12.0. The van der Waals surface area contributed by atoms with Gasteiger partial charge in [0.25, 0.3) is 0 Å². The Morgan fingerprint density at radius 2 is 2.12 bits per heavy atom. The highest BCUT2D eigenvalue weighted by Gasteiger charge is 2.48. The molecule has 3 fully saturated rings. The van der Waals surface area contributed by atoms with E-state index in [9.17, 15) is 4.79 Å². The molecule has 0 radical (unpaired) electrons. The van der Waals surface area contributed by atoms with Gasteiger partial charge in [0.05, 0.1) is 6.54 Å². The first-order valence-electron chi connectivity index (χ1n) is 6.84. The maximum absolute atomic E-state index is 11.7. The fourth-order valence-electron chi connectivity index (χ4n) is 3.50. The van der Waals surface area contributed by atoms with E-state index in [1.807, 2.05) is 0 Å². The molecule has 2 saturated carbocycles. The quantitative estimate of drug-likeness (QED) is 0.762. The van der Waals surface area contributed by atoms with Crippen molar-refractivity contribution in [2.45, 2.75) is 50.1 Å². The van der Waals surface area contributed by atoms with Crippen LogP contribution in [0.4, 0.5) is 0 Å². The van der Waals surface area contributed by atoms with Crippen LogP contribution in [-0.2, 0) is 4.79 Å². The van der Waals surface area contributed by atoms with Crippen molar-refractivity contribution in [1.29, 1.82) is 0 Å². The lowest BCUT2D eigenvalue weighted by atomic mass is 9.87. The van der Waals surface area contributed by atoms with Gasteiger partial charge in [-0.2, -0.15) is 0 Å². The highest BCUT2D eigenvalue weighted by Crippen LogP contribution is 2.44. The van der Waals surface area contributed by atoms with Crippen molar-refractivity contribution in [1.82, 2.24) is 10.2 Å². The second kappa shape index (κ2) is 4.43. The molecule has 2 aliphatic carbocycles. The third-order valence-electron chi connectivity index (χ3n) is 4.78. The van der Waals surface area contributed by atoms with Gasteiger partial charge in [0.1, 0.15) is 0 Å². The number of nitrogens with one attached hydrogen (secondary N) is 1. The number of carbonyl (C=O) groups is 1. The number of hydrogen-bond acceptors (Lipinski definition) is 2. The van der Waals surface area contributed by atoms with Gasteiger partial charge >= 0.3 is 0 Å². The third-order valence-corrected chi connectivity index (χ3v) is 5.50. The van der Waals surface area contributed by atoms with Crippen LogP contribution in [0.2, 0.25) is 0 Å². The Hall–Kier alpha value is -0.280. The van der Waals surface area contributed by atoms with E-state index >= 15 is 0 Å². The Bertz CT molecular complexity index is 315. The van der Waals surface area contributed by atoms with Gasteiger partial charge in [-0.1, -0.05) is 19.8 Å².